The first-order chi connectivity index (χ1) is 11.7. The van der Waals surface area contributed by atoms with Crippen molar-refractivity contribution in [2.24, 2.45) is 0 Å². The second-order valence-electron chi connectivity index (χ2n) is 5.85. The summed E-state index contributed by atoms with van der Waals surface area (Å²) in [4.78, 5) is 12.2. The number of para-hydroxylation sites is 1. The summed E-state index contributed by atoms with van der Waals surface area (Å²) >= 11 is 4.13. The Balaban J connectivity index is 2.07. The lowest BCUT2D eigenvalue weighted by Crippen LogP contribution is -2.37. The van der Waals surface area contributed by atoms with E-state index in [4.69, 9.17) is 0 Å². The van der Waals surface area contributed by atoms with Crippen LogP contribution in [0.15, 0.2) is 54.6 Å². The Hall–Kier alpha value is -1.94. The van der Waals surface area contributed by atoms with Crippen LogP contribution in [0.25, 0.3) is 0 Å². The molecule has 2 aromatic rings. The van der Waals surface area contributed by atoms with E-state index in [0.717, 1.165) is 17.8 Å². The van der Waals surface area contributed by atoms with Crippen molar-refractivity contribution < 1.29 is 4.79 Å². The summed E-state index contributed by atoms with van der Waals surface area (Å²) in [6.45, 7) is 2.22. The van der Waals surface area contributed by atoms with Crippen molar-refractivity contribution >= 4 is 29.9 Å². The molecule has 0 aliphatic heterocycles. The molecule has 0 aromatic heterocycles. The average molecular weight is 343 g/mol. The predicted molar refractivity (Wildman–Crippen MR) is 106 cm³/mol. The van der Waals surface area contributed by atoms with E-state index in [0.29, 0.717) is 0 Å². The Morgan fingerprint density at radius 3 is 2.54 bits per heavy atom. The standard InChI is InChI=1S/C20H26N2OS/c1-2-3-4-6-10-17-11-9-12-18(15-17)21-22(20(23)16-24)19-13-7-5-8-14-19/h5,7-9,11-15,21,24H,2-4,6,10,16H2,1H3. The molecule has 0 aliphatic carbocycles. The highest BCUT2D eigenvalue weighted by Crippen LogP contribution is 2.19. The van der Waals surface area contributed by atoms with Crippen LogP contribution in [0.4, 0.5) is 11.4 Å². The Kier molecular flexibility index (Phi) is 7.69. The van der Waals surface area contributed by atoms with Crippen molar-refractivity contribution in [3.63, 3.8) is 0 Å². The zero-order valence-electron chi connectivity index (χ0n) is 14.2. The fourth-order valence-corrected chi connectivity index (χ4v) is 2.74. The maximum atomic E-state index is 12.2. The van der Waals surface area contributed by atoms with Gasteiger partial charge in [0.25, 0.3) is 5.91 Å². The van der Waals surface area contributed by atoms with Gasteiger partial charge < -0.3 is 0 Å². The molecule has 24 heavy (non-hydrogen) atoms. The van der Waals surface area contributed by atoms with Crippen molar-refractivity contribution in [2.75, 3.05) is 16.2 Å². The second kappa shape index (κ2) is 10.0. The van der Waals surface area contributed by atoms with Gasteiger partial charge in [0.1, 0.15) is 0 Å². The molecule has 0 aliphatic rings. The van der Waals surface area contributed by atoms with Gasteiger partial charge in [0.05, 0.1) is 17.1 Å². The molecule has 0 saturated heterocycles. The van der Waals surface area contributed by atoms with Crippen LogP contribution < -0.4 is 10.4 Å². The first-order valence-corrected chi connectivity index (χ1v) is 9.22. The number of carbonyl (C=O) groups excluding carboxylic acids is 1. The summed E-state index contributed by atoms with van der Waals surface area (Å²) in [6.07, 6.45) is 6.08. The number of rotatable bonds is 9. The molecule has 0 fully saturated rings. The lowest BCUT2D eigenvalue weighted by molar-refractivity contribution is -0.115. The lowest BCUT2D eigenvalue weighted by atomic mass is 10.1. The number of nitrogens with one attached hydrogen (secondary N) is 1. The first-order valence-electron chi connectivity index (χ1n) is 8.59. The first kappa shape index (κ1) is 18.4. The predicted octanol–water partition coefficient (Wildman–Crippen LogP) is 5.10. The minimum absolute atomic E-state index is 0.0853. The zero-order chi connectivity index (χ0) is 17.2. The smallest absolute Gasteiger partial charge is 0.255 e. The zero-order valence-corrected chi connectivity index (χ0v) is 15.1. The topological polar surface area (TPSA) is 32.3 Å². The van der Waals surface area contributed by atoms with E-state index in [1.165, 1.54) is 31.2 Å². The van der Waals surface area contributed by atoms with E-state index in [9.17, 15) is 4.79 Å². The van der Waals surface area contributed by atoms with Gasteiger partial charge >= 0.3 is 0 Å². The summed E-state index contributed by atoms with van der Waals surface area (Å²) in [5, 5.41) is 1.56. The highest BCUT2D eigenvalue weighted by molar-refractivity contribution is 7.81. The van der Waals surface area contributed by atoms with Gasteiger partial charge in [-0.05, 0) is 42.7 Å². The Labute approximate surface area is 150 Å². The lowest BCUT2D eigenvalue weighted by Gasteiger charge is -2.24. The van der Waals surface area contributed by atoms with Crippen LogP contribution in [0.5, 0.6) is 0 Å². The number of hydrazine groups is 1. The maximum Gasteiger partial charge on any atom is 0.255 e. The molecule has 0 atom stereocenters. The van der Waals surface area contributed by atoms with Crippen LogP contribution in [-0.4, -0.2) is 11.7 Å². The fourth-order valence-electron chi connectivity index (χ4n) is 2.60. The summed E-state index contributed by atoms with van der Waals surface area (Å²) in [5.74, 6) is 0.0661. The number of anilines is 2. The summed E-state index contributed by atoms with van der Waals surface area (Å²) in [7, 11) is 0. The summed E-state index contributed by atoms with van der Waals surface area (Å²) in [6, 6.07) is 17.9. The largest absolute Gasteiger partial charge is 0.291 e. The molecular weight excluding hydrogens is 316 g/mol. The molecule has 2 aromatic carbocycles. The van der Waals surface area contributed by atoms with Crippen molar-refractivity contribution in [1.29, 1.82) is 0 Å². The number of benzene rings is 2. The summed E-state index contributed by atoms with van der Waals surface area (Å²) in [5.41, 5.74) is 6.25. The third-order valence-corrected chi connectivity index (χ3v) is 4.16. The average Bonchev–Trinajstić information content (AvgIpc) is 2.64. The Bertz CT molecular complexity index is 631. The molecule has 0 radical (unpaired) electrons. The van der Waals surface area contributed by atoms with Crippen LogP contribution in [0.3, 0.4) is 0 Å². The van der Waals surface area contributed by atoms with Crippen molar-refractivity contribution in [3.05, 3.63) is 60.2 Å². The van der Waals surface area contributed by atoms with Crippen molar-refractivity contribution in [2.45, 2.75) is 39.0 Å². The van der Waals surface area contributed by atoms with E-state index < -0.39 is 0 Å². The van der Waals surface area contributed by atoms with Crippen LogP contribution in [-0.2, 0) is 11.2 Å². The SMILES string of the molecule is CCCCCCc1cccc(NN(C(=O)CS)c2ccccc2)c1. The minimum atomic E-state index is -0.0853. The number of hydrogen-bond acceptors (Lipinski definition) is 3. The van der Waals surface area contributed by atoms with E-state index in [-0.39, 0.29) is 11.7 Å². The van der Waals surface area contributed by atoms with Crippen molar-refractivity contribution in [1.82, 2.24) is 0 Å². The molecule has 0 saturated carbocycles. The van der Waals surface area contributed by atoms with Crippen molar-refractivity contribution in [3.8, 4) is 0 Å². The third-order valence-electron chi connectivity index (χ3n) is 3.89. The number of aryl methyl sites for hydroxylation is 1. The van der Waals surface area contributed by atoms with Crippen LogP contribution in [0.1, 0.15) is 38.2 Å². The number of amides is 1. The van der Waals surface area contributed by atoms with Gasteiger partial charge in [0, 0.05) is 0 Å². The van der Waals surface area contributed by atoms with Gasteiger partial charge in [0.15, 0.2) is 0 Å². The van der Waals surface area contributed by atoms with E-state index in [1.54, 1.807) is 5.01 Å². The molecule has 0 spiro atoms. The number of hydrogen-bond donors (Lipinski definition) is 2. The highest BCUT2D eigenvalue weighted by Gasteiger charge is 2.14. The van der Waals surface area contributed by atoms with Gasteiger partial charge in [-0.1, -0.05) is 56.5 Å². The molecule has 0 bridgehead atoms. The normalized spacial score (nSPS) is 10.4. The van der Waals surface area contributed by atoms with E-state index >= 15 is 0 Å². The van der Waals surface area contributed by atoms with Gasteiger partial charge in [-0.3, -0.25) is 10.2 Å². The third kappa shape index (κ3) is 5.60. The van der Waals surface area contributed by atoms with E-state index in [2.05, 4.69) is 37.1 Å². The maximum absolute atomic E-state index is 12.2. The molecule has 1 amide bonds. The highest BCUT2D eigenvalue weighted by atomic mass is 32.1. The van der Waals surface area contributed by atoms with Gasteiger partial charge in [0.2, 0.25) is 0 Å². The quantitative estimate of drug-likeness (QED) is 0.377. The minimum Gasteiger partial charge on any atom is -0.291 e. The molecule has 0 heterocycles. The number of thiol groups is 1. The summed E-state index contributed by atoms with van der Waals surface area (Å²) < 4.78 is 0. The number of carbonyl (C=O) groups is 1. The fraction of sp³-hybridized carbons (Fsp3) is 0.350. The van der Waals surface area contributed by atoms with Gasteiger partial charge in [-0.2, -0.15) is 12.6 Å². The van der Waals surface area contributed by atoms with Crippen LogP contribution >= 0.6 is 12.6 Å². The second-order valence-corrected chi connectivity index (χ2v) is 6.16. The molecule has 128 valence electrons. The monoisotopic (exact) mass is 342 g/mol. The van der Waals surface area contributed by atoms with Gasteiger partial charge in [-0.15, -0.1) is 0 Å². The molecular formula is C20H26N2OS. The molecule has 4 heteroatoms. The molecule has 3 nitrogen and oxygen atoms in total. The molecule has 0 unspecified atom stereocenters. The molecule has 2 rings (SSSR count). The Morgan fingerprint density at radius 2 is 1.83 bits per heavy atom. The Morgan fingerprint density at radius 1 is 1.04 bits per heavy atom. The van der Waals surface area contributed by atoms with Crippen LogP contribution in [0.2, 0.25) is 0 Å². The van der Waals surface area contributed by atoms with E-state index in [1.807, 2.05) is 42.5 Å². The van der Waals surface area contributed by atoms with Crippen LogP contribution in [0, 0.1) is 0 Å². The van der Waals surface area contributed by atoms with Gasteiger partial charge in [-0.25, -0.2) is 5.01 Å². The number of nitrogens with zero attached hydrogens (tertiary/aromatic N) is 1. The number of unbranched alkanes of at least 4 members (excludes halogenated alkanes) is 3. The molecule has 1 N–H and O–H groups in total.